The number of halogens is 1. The fourth-order valence-corrected chi connectivity index (χ4v) is 1.20. The van der Waals surface area contributed by atoms with E-state index in [1.54, 1.807) is 0 Å². The lowest BCUT2D eigenvalue weighted by atomic mass is 10.1. The zero-order valence-corrected chi connectivity index (χ0v) is 9.27. The lowest BCUT2D eigenvalue weighted by Crippen LogP contribution is -2.41. The van der Waals surface area contributed by atoms with Crippen molar-refractivity contribution in [2.24, 2.45) is 5.92 Å². The Labute approximate surface area is 93.5 Å². The first-order valence-electron chi connectivity index (χ1n) is 5.09. The Kier molecular flexibility index (Phi) is 4.37. The second-order valence-corrected chi connectivity index (χ2v) is 3.85. The molecule has 0 aliphatic heterocycles. The van der Waals surface area contributed by atoms with Crippen molar-refractivity contribution in [3.8, 4) is 0 Å². The Hall–Kier alpha value is -1.49. The standard InChI is InChI=1S/C11H15FN2O2/c1-7(2)9(6-15)14-11(16)8-4-3-5-10(12)13-8/h3-5,7,9,15H,6H2,1-2H3,(H,14,16)/t9-/m1/s1. The molecule has 1 atom stereocenters. The highest BCUT2D eigenvalue weighted by atomic mass is 19.1. The zero-order chi connectivity index (χ0) is 12.1. The minimum absolute atomic E-state index is 0.0131. The van der Waals surface area contributed by atoms with E-state index in [4.69, 9.17) is 5.11 Å². The van der Waals surface area contributed by atoms with E-state index in [-0.39, 0.29) is 24.3 Å². The van der Waals surface area contributed by atoms with Crippen molar-refractivity contribution in [2.75, 3.05) is 6.61 Å². The van der Waals surface area contributed by atoms with E-state index in [1.165, 1.54) is 18.2 Å². The Morgan fingerprint density at radius 2 is 2.25 bits per heavy atom. The molecule has 0 spiro atoms. The molecule has 5 heteroatoms. The van der Waals surface area contributed by atoms with Crippen LogP contribution in [0.1, 0.15) is 24.3 Å². The molecule has 1 aromatic heterocycles. The number of aromatic nitrogens is 1. The van der Waals surface area contributed by atoms with Gasteiger partial charge in [-0.1, -0.05) is 19.9 Å². The van der Waals surface area contributed by atoms with E-state index in [1.807, 2.05) is 13.8 Å². The number of aliphatic hydroxyl groups is 1. The minimum Gasteiger partial charge on any atom is -0.394 e. The van der Waals surface area contributed by atoms with Crippen molar-refractivity contribution in [2.45, 2.75) is 19.9 Å². The van der Waals surface area contributed by atoms with Gasteiger partial charge >= 0.3 is 0 Å². The zero-order valence-electron chi connectivity index (χ0n) is 9.27. The number of pyridine rings is 1. The Morgan fingerprint density at radius 1 is 1.56 bits per heavy atom. The van der Waals surface area contributed by atoms with Crippen LogP contribution in [0.15, 0.2) is 18.2 Å². The number of carbonyl (C=O) groups excluding carboxylic acids is 1. The van der Waals surface area contributed by atoms with Gasteiger partial charge in [0.2, 0.25) is 5.95 Å². The molecule has 1 amide bonds. The number of aliphatic hydroxyl groups excluding tert-OH is 1. The van der Waals surface area contributed by atoms with Crippen LogP contribution < -0.4 is 5.32 Å². The van der Waals surface area contributed by atoms with Gasteiger partial charge in [-0.3, -0.25) is 4.79 Å². The van der Waals surface area contributed by atoms with Crippen molar-refractivity contribution >= 4 is 5.91 Å². The predicted molar refractivity (Wildman–Crippen MR) is 57.4 cm³/mol. The quantitative estimate of drug-likeness (QED) is 0.752. The Bertz CT molecular complexity index is 369. The van der Waals surface area contributed by atoms with Gasteiger partial charge in [0.1, 0.15) is 5.69 Å². The molecule has 0 fully saturated rings. The lowest BCUT2D eigenvalue weighted by molar-refractivity contribution is 0.0890. The van der Waals surface area contributed by atoms with Crippen LogP contribution in [0.3, 0.4) is 0 Å². The van der Waals surface area contributed by atoms with E-state index in [0.29, 0.717) is 0 Å². The van der Waals surface area contributed by atoms with E-state index in [0.717, 1.165) is 0 Å². The van der Waals surface area contributed by atoms with Crippen molar-refractivity contribution in [3.63, 3.8) is 0 Å². The predicted octanol–water partition coefficient (Wildman–Crippen LogP) is 0.967. The highest BCUT2D eigenvalue weighted by Gasteiger charge is 2.17. The van der Waals surface area contributed by atoms with Crippen LogP contribution in [0.25, 0.3) is 0 Å². The van der Waals surface area contributed by atoms with Crippen LogP contribution in [-0.2, 0) is 0 Å². The van der Waals surface area contributed by atoms with E-state index in [9.17, 15) is 9.18 Å². The highest BCUT2D eigenvalue weighted by Crippen LogP contribution is 2.03. The largest absolute Gasteiger partial charge is 0.394 e. The summed E-state index contributed by atoms with van der Waals surface area (Å²) in [6.45, 7) is 3.60. The number of nitrogens with one attached hydrogen (secondary N) is 1. The first-order chi connectivity index (χ1) is 7.54. The molecule has 0 saturated carbocycles. The molecule has 2 N–H and O–H groups in total. The average molecular weight is 226 g/mol. The molecule has 1 aromatic rings. The molecule has 0 aromatic carbocycles. The van der Waals surface area contributed by atoms with Crippen molar-refractivity contribution in [1.29, 1.82) is 0 Å². The lowest BCUT2D eigenvalue weighted by Gasteiger charge is -2.19. The maximum atomic E-state index is 12.8. The van der Waals surface area contributed by atoms with Gasteiger partial charge in [0.05, 0.1) is 12.6 Å². The van der Waals surface area contributed by atoms with Crippen molar-refractivity contribution in [3.05, 3.63) is 29.8 Å². The molecule has 0 aliphatic rings. The van der Waals surface area contributed by atoms with Crippen LogP contribution >= 0.6 is 0 Å². The molecular weight excluding hydrogens is 211 g/mol. The first kappa shape index (κ1) is 12.6. The van der Waals surface area contributed by atoms with Crippen LogP contribution in [0.2, 0.25) is 0 Å². The van der Waals surface area contributed by atoms with Gasteiger partial charge in [-0.15, -0.1) is 0 Å². The average Bonchev–Trinajstić information content (AvgIpc) is 2.25. The SMILES string of the molecule is CC(C)[C@@H](CO)NC(=O)c1cccc(F)n1. The van der Waals surface area contributed by atoms with Crippen molar-refractivity contribution in [1.82, 2.24) is 10.3 Å². The normalized spacial score (nSPS) is 12.6. The van der Waals surface area contributed by atoms with E-state index in [2.05, 4.69) is 10.3 Å². The topological polar surface area (TPSA) is 62.2 Å². The summed E-state index contributed by atoms with van der Waals surface area (Å²) >= 11 is 0. The summed E-state index contributed by atoms with van der Waals surface area (Å²) in [4.78, 5) is 15.1. The van der Waals surface area contributed by atoms with Gasteiger partial charge in [0.15, 0.2) is 0 Å². The smallest absolute Gasteiger partial charge is 0.270 e. The van der Waals surface area contributed by atoms with Gasteiger partial charge in [-0.25, -0.2) is 4.98 Å². The molecule has 0 aliphatic carbocycles. The molecular formula is C11H15FN2O2. The Balaban J connectivity index is 2.72. The third kappa shape index (κ3) is 3.27. The fourth-order valence-electron chi connectivity index (χ4n) is 1.20. The van der Waals surface area contributed by atoms with Gasteiger partial charge in [0.25, 0.3) is 5.91 Å². The molecule has 0 saturated heterocycles. The highest BCUT2D eigenvalue weighted by molar-refractivity contribution is 5.92. The number of rotatable bonds is 4. The van der Waals surface area contributed by atoms with Gasteiger partial charge < -0.3 is 10.4 Å². The number of hydrogen-bond donors (Lipinski definition) is 2. The second kappa shape index (κ2) is 5.55. The minimum atomic E-state index is -0.697. The summed E-state index contributed by atoms with van der Waals surface area (Å²) in [7, 11) is 0. The third-order valence-electron chi connectivity index (χ3n) is 2.27. The molecule has 1 rings (SSSR count). The molecule has 0 unspecified atom stereocenters. The van der Waals surface area contributed by atoms with Crippen molar-refractivity contribution < 1.29 is 14.3 Å². The molecule has 0 bridgehead atoms. The van der Waals surface area contributed by atoms with E-state index < -0.39 is 11.9 Å². The number of hydrogen-bond acceptors (Lipinski definition) is 3. The first-order valence-corrected chi connectivity index (χ1v) is 5.09. The van der Waals surface area contributed by atoms with Crippen LogP contribution in [-0.4, -0.2) is 28.6 Å². The number of nitrogens with zero attached hydrogens (tertiary/aromatic N) is 1. The summed E-state index contributed by atoms with van der Waals surface area (Å²) in [6.07, 6.45) is 0. The van der Waals surface area contributed by atoms with Gasteiger partial charge in [-0.05, 0) is 18.1 Å². The monoisotopic (exact) mass is 226 g/mol. The van der Waals surface area contributed by atoms with E-state index >= 15 is 0 Å². The molecule has 4 nitrogen and oxygen atoms in total. The van der Waals surface area contributed by atoms with Crippen LogP contribution in [0, 0.1) is 11.9 Å². The third-order valence-corrected chi connectivity index (χ3v) is 2.27. The van der Waals surface area contributed by atoms with Crippen LogP contribution in [0.5, 0.6) is 0 Å². The Morgan fingerprint density at radius 3 is 2.75 bits per heavy atom. The summed E-state index contributed by atoms with van der Waals surface area (Å²) in [5.74, 6) is -1.08. The molecule has 16 heavy (non-hydrogen) atoms. The maximum absolute atomic E-state index is 12.8. The summed E-state index contributed by atoms with van der Waals surface area (Å²) in [5.41, 5.74) is 0.0131. The molecule has 0 radical (unpaired) electrons. The summed E-state index contributed by atoms with van der Waals surface area (Å²) < 4.78 is 12.8. The number of amides is 1. The fraction of sp³-hybridized carbons (Fsp3) is 0.455. The second-order valence-electron chi connectivity index (χ2n) is 3.85. The molecule has 88 valence electrons. The molecule has 1 heterocycles. The summed E-state index contributed by atoms with van der Waals surface area (Å²) in [6, 6.07) is 3.66. The van der Waals surface area contributed by atoms with Crippen LogP contribution in [0.4, 0.5) is 4.39 Å². The maximum Gasteiger partial charge on any atom is 0.270 e. The van der Waals surface area contributed by atoms with Gasteiger partial charge in [0, 0.05) is 0 Å². The summed E-state index contributed by atoms with van der Waals surface area (Å²) in [5, 5.41) is 11.6. The number of carbonyl (C=O) groups is 1. The van der Waals surface area contributed by atoms with Gasteiger partial charge in [-0.2, -0.15) is 4.39 Å².